The predicted octanol–water partition coefficient (Wildman–Crippen LogP) is 1.29. The van der Waals surface area contributed by atoms with E-state index < -0.39 is 0 Å². The molecule has 80 valence electrons. The van der Waals surface area contributed by atoms with Crippen molar-refractivity contribution < 1.29 is 5.11 Å². The lowest BCUT2D eigenvalue weighted by Crippen LogP contribution is -2.35. The van der Waals surface area contributed by atoms with Gasteiger partial charge in [-0.1, -0.05) is 13.8 Å². The molecular weight excluding hydrogens is 176 g/mol. The Balaban J connectivity index is 2.19. The highest BCUT2D eigenvalue weighted by Crippen LogP contribution is 2.47. The first-order valence-corrected chi connectivity index (χ1v) is 5.22. The van der Waals surface area contributed by atoms with E-state index in [2.05, 4.69) is 11.4 Å². The van der Waals surface area contributed by atoms with E-state index in [-0.39, 0.29) is 17.4 Å². The van der Waals surface area contributed by atoms with E-state index in [4.69, 9.17) is 10.4 Å². The van der Waals surface area contributed by atoms with Crippen LogP contribution in [-0.2, 0) is 0 Å². The number of nitrogens with zero attached hydrogens (tertiary/aromatic N) is 1. The van der Waals surface area contributed by atoms with Gasteiger partial charge in [0.25, 0.3) is 0 Å². The van der Waals surface area contributed by atoms with Crippen LogP contribution in [0.3, 0.4) is 0 Å². The van der Waals surface area contributed by atoms with Crippen molar-refractivity contribution in [1.82, 2.24) is 5.32 Å². The highest BCUT2D eigenvalue weighted by Gasteiger charge is 2.42. The fraction of sp³-hybridized carbons (Fsp3) is 0.909. The molecule has 1 aliphatic rings. The molecule has 0 radical (unpaired) electrons. The fourth-order valence-corrected chi connectivity index (χ4v) is 1.48. The Bertz CT molecular complexity index is 226. The normalized spacial score (nSPS) is 19.0. The first-order valence-electron chi connectivity index (χ1n) is 5.22. The third-order valence-corrected chi connectivity index (χ3v) is 2.94. The molecule has 0 heterocycles. The van der Waals surface area contributed by atoms with Gasteiger partial charge in [0, 0.05) is 31.5 Å². The number of aliphatic hydroxyl groups is 1. The van der Waals surface area contributed by atoms with Crippen LogP contribution in [0.5, 0.6) is 0 Å². The minimum absolute atomic E-state index is 0.0529. The van der Waals surface area contributed by atoms with Crippen molar-refractivity contribution in [2.24, 2.45) is 10.8 Å². The van der Waals surface area contributed by atoms with E-state index in [1.165, 1.54) is 12.8 Å². The second-order valence-electron chi connectivity index (χ2n) is 5.26. The van der Waals surface area contributed by atoms with Gasteiger partial charge < -0.3 is 10.4 Å². The van der Waals surface area contributed by atoms with Crippen molar-refractivity contribution in [3.63, 3.8) is 0 Å². The third kappa shape index (κ3) is 3.28. The van der Waals surface area contributed by atoms with E-state index in [1.54, 1.807) is 0 Å². The Morgan fingerprint density at radius 1 is 1.50 bits per heavy atom. The van der Waals surface area contributed by atoms with Crippen LogP contribution >= 0.6 is 0 Å². The van der Waals surface area contributed by atoms with Gasteiger partial charge in [-0.15, -0.1) is 0 Å². The van der Waals surface area contributed by atoms with Crippen LogP contribution < -0.4 is 5.32 Å². The summed E-state index contributed by atoms with van der Waals surface area (Å²) in [4.78, 5) is 0. The SMILES string of the molecule is CC(C)(CO)CNCC1(CC#N)CC1. The molecule has 1 fully saturated rings. The van der Waals surface area contributed by atoms with Gasteiger partial charge >= 0.3 is 0 Å². The van der Waals surface area contributed by atoms with Crippen molar-refractivity contribution >= 4 is 0 Å². The monoisotopic (exact) mass is 196 g/mol. The first kappa shape index (κ1) is 11.5. The average molecular weight is 196 g/mol. The summed E-state index contributed by atoms with van der Waals surface area (Å²) in [5, 5.41) is 21.0. The molecule has 0 amide bonds. The van der Waals surface area contributed by atoms with Crippen LogP contribution in [0.15, 0.2) is 0 Å². The molecule has 0 spiro atoms. The van der Waals surface area contributed by atoms with Crippen LogP contribution in [0, 0.1) is 22.2 Å². The maximum atomic E-state index is 9.05. The van der Waals surface area contributed by atoms with Gasteiger partial charge in [0.05, 0.1) is 6.07 Å². The van der Waals surface area contributed by atoms with Gasteiger partial charge in [-0.3, -0.25) is 0 Å². The quantitative estimate of drug-likeness (QED) is 0.673. The Hall–Kier alpha value is -0.590. The van der Waals surface area contributed by atoms with Gasteiger partial charge in [0.2, 0.25) is 0 Å². The second-order valence-corrected chi connectivity index (χ2v) is 5.26. The average Bonchev–Trinajstić information content (AvgIpc) is 2.86. The summed E-state index contributed by atoms with van der Waals surface area (Å²) in [5.74, 6) is 0. The number of nitrogens with one attached hydrogen (secondary N) is 1. The Morgan fingerprint density at radius 3 is 2.57 bits per heavy atom. The summed E-state index contributed by atoms with van der Waals surface area (Å²) in [6.07, 6.45) is 3.01. The predicted molar refractivity (Wildman–Crippen MR) is 55.6 cm³/mol. The molecule has 14 heavy (non-hydrogen) atoms. The summed E-state index contributed by atoms with van der Waals surface area (Å²) in [7, 11) is 0. The van der Waals surface area contributed by atoms with Gasteiger partial charge in [0.1, 0.15) is 0 Å². The Kier molecular flexibility index (Phi) is 3.52. The van der Waals surface area contributed by atoms with E-state index in [0.29, 0.717) is 6.42 Å². The lowest BCUT2D eigenvalue weighted by molar-refractivity contribution is 0.155. The van der Waals surface area contributed by atoms with Crippen molar-refractivity contribution in [2.75, 3.05) is 19.7 Å². The minimum Gasteiger partial charge on any atom is -0.396 e. The van der Waals surface area contributed by atoms with E-state index in [1.807, 2.05) is 13.8 Å². The molecule has 1 saturated carbocycles. The lowest BCUT2D eigenvalue weighted by atomic mass is 9.94. The van der Waals surface area contributed by atoms with Gasteiger partial charge in [-0.2, -0.15) is 5.26 Å². The molecule has 2 N–H and O–H groups in total. The molecule has 0 aromatic rings. The van der Waals surface area contributed by atoms with Gasteiger partial charge in [0.15, 0.2) is 0 Å². The highest BCUT2D eigenvalue weighted by molar-refractivity contribution is 5.00. The van der Waals surface area contributed by atoms with Gasteiger partial charge in [-0.25, -0.2) is 0 Å². The first-order chi connectivity index (χ1) is 6.54. The van der Waals surface area contributed by atoms with Crippen molar-refractivity contribution in [3.05, 3.63) is 0 Å². The highest BCUT2D eigenvalue weighted by atomic mass is 16.3. The number of aliphatic hydroxyl groups excluding tert-OH is 1. The van der Waals surface area contributed by atoms with Crippen molar-refractivity contribution in [1.29, 1.82) is 5.26 Å². The molecule has 3 nitrogen and oxygen atoms in total. The maximum Gasteiger partial charge on any atom is 0.0628 e. The van der Waals surface area contributed by atoms with Gasteiger partial charge in [-0.05, 0) is 18.3 Å². The summed E-state index contributed by atoms with van der Waals surface area (Å²) in [5.41, 5.74) is 0.211. The lowest BCUT2D eigenvalue weighted by Gasteiger charge is -2.23. The van der Waals surface area contributed by atoms with Crippen LogP contribution in [0.4, 0.5) is 0 Å². The molecule has 0 unspecified atom stereocenters. The maximum absolute atomic E-state index is 9.05. The molecule has 1 rings (SSSR count). The van der Waals surface area contributed by atoms with Crippen molar-refractivity contribution in [2.45, 2.75) is 33.1 Å². The zero-order valence-corrected chi connectivity index (χ0v) is 9.14. The second kappa shape index (κ2) is 4.29. The molecule has 3 heteroatoms. The molecular formula is C11H20N2O. The number of nitriles is 1. The van der Waals surface area contributed by atoms with Crippen LogP contribution in [0.25, 0.3) is 0 Å². The summed E-state index contributed by atoms with van der Waals surface area (Å²) in [6, 6.07) is 2.24. The van der Waals surface area contributed by atoms with Crippen LogP contribution in [0.2, 0.25) is 0 Å². The topological polar surface area (TPSA) is 56.0 Å². The van der Waals surface area contributed by atoms with Crippen LogP contribution in [-0.4, -0.2) is 24.8 Å². The zero-order chi connectivity index (χ0) is 10.7. The molecule has 0 aromatic carbocycles. The molecule has 0 aromatic heterocycles. The standard InChI is InChI=1S/C11H20N2O/c1-10(2,9-14)7-13-8-11(3-4-11)5-6-12/h13-14H,3-5,7-9H2,1-2H3. The molecule has 0 atom stereocenters. The summed E-state index contributed by atoms with van der Waals surface area (Å²) >= 11 is 0. The summed E-state index contributed by atoms with van der Waals surface area (Å²) in [6.45, 7) is 6.00. The Labute approximate surface area is 86.1 Å². The third-order valence-electron chi connectivity index (χ3n) is 2.94. The smallest absolute Gasteiger partial charge is 0.0628 e. The van der Waals surface area contributed by atoms with E-state index in [9.17, 15) is 0 Å². The number of hydrogen-bond acceptors (Lipinski definition) is 3. The molecule has 1 aliphatic carbocycles. The fourth-order valence-electron chi connectivity index (χ4n) is 1.48. The van der Waals surface area contributed by atoms with Crippen LogP contribution in [0.1, 0.15) is 33.1 Å². The summed E-state index contributed by atoms with van der Waals surface area (Å²) < 4.78 is 0. The number of rotatable bonds is 6. The largest absolute Gasteiger partial charge is 0.396 e. The zero-order valence-electron chi connectivity index (χ0n) is 9.14. The Morgan fingerprint density at radius 2 is 2.14 bits per heavy atom. The van der Waals surface area contributed by atoms with E-state index >= 15 is 0 Å². The molecule has 0 bridgehead atoms. The minimum atomic E-state index is -0.0529. The molecule has 0 saturated heterocycles. The molecule has 0 aliphatic heterocycles. The number of hydrogen-bond donors (Lipinski definition) is 2. The van der Waals surface area contributed by atoms with Crippen molar-refractivity contribution in [3.8, 4) is 6.07 Å². The van der Waals surface area contributed by atoms with E-state index in [0.717, 1.165) is 13.1 Å².